The van der Waals surface area contributed by atoms with Crippen molar-refractivity contribution >= 4 is 0 Å². The molecule has 3 nitrogen and oxygen atoms in total. The molecule has 0 aliphatic heterocycles. The minimum absolute atomic E-state index is 0.575. The van der Waals surface area contributed by atoms with Crippen molar-refractivity contribution in [2.45, 2.75) is 66.3 Å². The molecule has 108 valence electrons. The zero-order valence-electron chi connectivity index (χ0n) is 13.0. The van der Waals surface area contributed by atoms with Gasteiger partial charge in [0.15, 0.2) is 0 Å². The van der Waals surface area contributed by atoms with Gasteiger partial charge < -0.3 is 10.3 Å². The molecule has 0 spiro atoms. The minimum Gasteiger partial charge on any atom is -0.346 e. The fraction of sp³-hybridized carbons (Fsp3) is 0.812. The van der Waals surface area contributed by atoms with Gasteiger partial charge in [-0.15, -0.1) is 0 Å². The van der Waals surface area contributed by atoms with E-state index in [1.807, 2.05) is 0 Å². The van der Waals surface area contributed by atoms with Crippen molar-refractivity contribution in [2.24, 2.45) is 11.3 Å². The Labute approximate surface area is 117 Å². The summed E-state index contributed by atoms with van der Waals surface area (Å²) in [6.07, 6.45) is 6.56. The van der Waals surface area contributed by atoms with Crippen molar-refractivity contribution in [1.29, 1.82) is 0 Å². The maximum absolute atomic E-state index is 4.63. The zero-order valence-corrected chi connectivity index (χ0v) is 13.0. The topological polar surface area (TPSA) is 40.7 Å². The first-order valence-electron chi connectivity index (χ1n) is 7.80. The molecule has 19 heavy (non-hydrogen) atoms. The summed E-state index contributed by atoms with van der Waals surface area (Å²) in [5.41, 5.74) is 2.98. The van der Waals surface area contributed by atoms with Gasteiger partial charge in [0, 0.05) is 25.2 Å². The smallest absolute Gasteiger partial charge is 0.106 e. The summed E-state index contributed by atoms with van der Waals surface area (Å²) in [4.78, 5) is 7.99. The maximum Gasteiger partial charge on any atom is 0.106 e. The van der Waals surface area contributed by atoms with Crippen LogP contribution in [0.5, 0.6) is 0 Å². The minimum atomic E-state index is 0.575. The van der Waals surface area contributed by atoms with Gasteiger partial charge in [-0.3, -0.25) is 0 Å². The number of aromatic nitrogens is 2. The number of hydrogen-bond donors (Lipinski definition) is 2. The number of aryl methyl sites for hydroxylation is 2. The van der Waals surface area contributed by atoms with E-state index in [0.717, 1.165) is 31.3 Å². The first kappa shape index (κ1) is 14.6. The molecule has 2 rings (SSSR count). The normalized spacial score (nSPS) is 17.7. The molecule has 1 aromatic heterocycles. The van der Waals surface area contributed by atoms with Crippen LogP contribution in [-0.2, 0) is 13.0 Å². The van der Waals surface area contributed by atoms with Crippen molar-refractivity contribution in [3.63, 3.8) is 0 Å². The molecule has 0 amide bonds. The second-order valence-electron chi connectivity index (χ2n) is 6.66. The molecule has 1 aliphatic rings. The van der Waals surface area contributed by atoms with Crippen LogP contribution in [-0.4, -0.2) is 16.5 Å². The average Bonchev–Trinajstić information content (AvgIpc) is 2.66. The molecule has 2 N–H and O–H groups in total. The number of nitrogens with one attached hydrogen (secondary N) is 2. The van der Waals surface area contributed by atoms with Crippen LogP contribution in [0.2, 0.25) is 0 Å². The van der Waals surface area contributed by atoms with Gasteiger partial charge in [-0.05, 0) is 37.5 Å². The van der Waals surface area contributed by atoms with Gasteiger partial charge in [0.2, 0.25) is 0 Å². The standard InChI is InChI=1S/C16H29N3/c1-5-15-18-13(4)14(19-15)10-17-11-16(7-6-8-16)9-12(2)3/h12,17H,5-11H2,1-4H3,(H,18,19). The quantitative estimate of drug-likeness (QED) is 0.789. The van der Waals surface area contributed by atoms with Crippen LogP contribution in [0.25, 0.3) is 0 Å². The molecule has 3 heteroatoms. The summed E-state index contributed by atoms with van der Waals surface area (Å²) in [5.74, 6) is 1.91. The lowest BCUT2D eigenvalue weighted by Gasteiger charge is -2.43. The van der Waals surface area contributed by atoms with Crippen LogP contribution in [0.3, 0.4) is 0 Å². The molecule has 0 atom stereocenters. The Bertz CT molecular complexity index is 402. The summed E-state index contributed by atoms with van der Waals surface area (Å²) < 4.78 is 0. The summed E-state index contributed by atoms with van der Waals surface area (Å²) in [5, 5.41) is 3.65. The van der Waals surface area contributed by atoms with Gasteiger partial charge in [0.05, 0.1) is 5.69 Å². The van der Waals surface area contributed by atoms with E-state index in [1.54, 1.807) is 0 Å². The Morgan fingerprint density at radius 3 is 2.58 bits per heavy atom. The van der Waals surface area contributed by atoms with Crippen LogP contribution in [0, 0.1) is 18.3 Å². The monoisotopic (exact) mass is 263 g/mol. The van der Waals surface area contributed by atoms with Crippen LogP contribution in [0.1, 0.15) is 63.7 Å². The van der Waals surface area contributed by atoms with Crippen molar-refractivity contribution < 1.29 is 0 Å². The number of aromatic amines is 1. The van der Waals surface area contributed by atoms with E-state index in [4.69, 9.17) is 0 Å². The summed E-state index contributed by atoms with van der Waals surface area (Å²) >= 11 is 0. The number of nitrogens with zero attached hydrogens (tertiary/aromatic N) is 1. The Morgan fingerprint density at radius 1 is 1.37 bits per heavy atom. The van der Waals surface area contributed by atoms with Crippen LogP contribution in [0.15, 0.2) is 0 Å². The second-order valence-corrected chi connectivity index (χ2v) is 6.66. The van der Waals surface area contributed by atoms with Crippen molar-refractivity contribution in [1.82, 2.24) is 15.3 Å². The fourth-order valence-electron chi connectivity index (χ4n) is 3.34. The maximum atomic E-state index is 4.63. The first-order chi connectivity index (χ1) is 9.04. The molecule has 0 radical (unpaired) electrons. The predicted molar refractivity (Wildman–Crippen MR) is 80.1 cm³/mol. The van der Waals surface area contributed by atoms with Gasteiger partial charge >= 0.3 is 0 Å². The van der Waals surface area contributed by atoms with E-state index < -0.39 is 0 Å². The molecule has 1 heterocycles. The Balaban J connectivity index is 1.83. The van der Waals surface area contributed by atoms with Gasteiger partial charge in [-0.25, -0.2) is 4.98 Å². The molecular weight excluding hydrogens is 234 g/mol. The SMILES string of the molecule is CCc1nc(CNCC2(CC(C)C)CCC2)c(C)[nH]1. The van der Waals surface area contributed by atoms with Crippen molar-refractivity contribution in [3.05, 3.63) is 17.2 Å². The van der Waals surface area contributed by atoms with E-state index in [0.29, 0.717) is 5.41 Å². The number of imidazole rings is 1. The van der Waals surface area contributed by atoms with E-state index in [9.17, 15) is 0 Å². The highest BCUT2D eigenvalue weighted by Gasteiger charge is 2.36. The van der Waals surface area contributed by atoms with E-state index in [2.05, 4.69) is 43.0 Å². The highest BCUT2D eigenvalue weighted by Crippen LogP contribution is 2.45. The van der Waals surface area contributed by atoms with Crippen LogP contribution in [0.4, 0.5) is 0 Å². The molecule has 0 saturated heterocycles. The Kier molecular flexibility index (Phi) is 4.67. The summed E-state index contributed by atoms with van der Waals surface area (Å²) in [6.45, 7) is 11.0. The molecule has 0 unspecified atom stereocenters. The highest BCUT2D eigenvalue weighted by atomic mass is 15.0. The summed E-state index contributed by atoms with van der Waals surface area (Å²) in [7, 11) is 0. The third-order valence-electron chi connectivity index (χ3n) is 4.42. The molecule has 0 aromatic carbocycles. The predicted octanol–water partition coefficient (Wildman–Crippen LogP) is 3.59. The molecule has 1 saturated carbocycles. The Hall–Kier alpha value is -0.830. The third kappa shape index (κ3) is 3.59. The molecular formula is C16H29N3. The van der Waals surface area contributed by atoms with Crippen LogP contribution >= 0.6 is 0 Å². The largest absolute Gasteiger partial charge is 0.346 e. The zero-order chi connectivity index (χ0) is 13.9. The van der Waals surface area contributed by atoms with Crippen LogP contribution < -0.4 is 5.32 Å². The first-order valence-corrected chi connectivity index (χ1v) is 7.80. The Morgan fingerprint density at radius 2 is 2.11 bits per heavy atom. The second kappa shape index (κ2) is 6.08. The summed E-state index contributed by atoms with van der Waals surface area (Å²) in [6, 6.07) is 0. The number of rotatable bonds is 7. The van der Waals surface area contributed by atoms with Crippen molar-refractivity contribution in [2.75, 3.05) is 6.54 Å². The van der Waals surface area contributed by atoms with Gasteiger partial charge in [-0.1, -0.05) is 27.2 Å². The lowest BCUT2D eigenvalue weighted by molar-refractivity contribution is 0.0978. The van der Waals surface area contributed by atoms with Gasteiger partial charge in [0.25, 0.3) is 0 Å². The highest BCUT2D eigenvalue weighted by molar-refractivity contribution is 5.13. The molecule has 1 fully saturated rings. The lowest BCUT2D eigenvalue weighted by atomic mass is 9.64. The average molecular weight is 263 g/mol. The van der Waals surface area contributed by atoms with Crippen molar-refractivity contribution in [3.8, 4) is 0 Å². The number of hydrogen-bond acceptors (Lipinski definition) is 2. The molecule has 1 aromatic rings. The van der Waals surface area contributed by atoms with Gasteiger partial charge in [0.1, 0.15) is 5.82 Å². The van der Waals surface area contributed by atoms with E-state index in [-0.39, 0.29) is 0 Å². The lowest BCUT2D eigenvalue weighted by Crippen LogP contribution is -2.40. The number of H-pyrrole nitrogens is 1. The fourth-order valence-corrected chi connectivity index (χ4v) is 3.34. The van der Waals surface area contributed by atoms with Gasteiger partial charge in [-0.2, -0.15) is 0 Å². The van der Waals surface area contributed by atoms with E-state index >= 15 is 0 Å². The molecule has 0 bridgehead atoms. The molecule has 1 aliphatic carbocycles. The third-order valence-corrected chi connectivity index (χ3v) is 4.42. The van der Waals surface area contributed by atoms with E-state index in [1.165, 1.54) is 37.1 Å².